The summed E-state index contributed by atoms with van der Waals surface area (Å²) < 4.78 is 18.5. The van der Waals surface area contributed by atoms with Gasteiger partial charge >= 0.3 is 0 Å². The molecular formula is C15H16FN3O. The van der Waals surface area contributed by atoms with E-state index in [0.717, 1.165) is 22.5 Å². The van der Waals surface area contributed by atoms with Crippen LogP contribution in [0.15, 0.2) is 30.6 Å². The molecule has 5 heteroatoms. The molecular weight excluding hydrogens is 257 g/mol. The number of hydrogen-bond acceptors (Lipinski definition) is 4. The lowest BCUT2D eigenvalue weighted by Gasteiger charge is -2.38. The van der Waals surface area contributed by atoms with E-state index in [4.69, 9.17) is 10.5 Å². The molecule has 0 aliphatic carbocycles. The number of pyridine rings is 2. The van der Waals surface area contributed by atoms with Crippen molar-refractivity contribution in [2.24, 2.45) is 0 Å². The molecule has 0 spiro atoms. The van der Waals surface area contributed by atoms with Crippen molar-refractivity contribution in [2.75, 3.05) is 25.6 Å². The van der Waals surface area contributed by atoms with E-state index >= 15 is 0 Å². The third-order valence-electron chi connectivity index (χ3n) is 3.73. The fraction of sp³-hybridized carbons (Fsp3) is 0.333. The number of rotatable bonds is 3. The number of aryl methyl sites for hydroxylation is 1. The van der Waals surface area contributed by atoms with Crippen LogP contribution in [-0.4, -0.2) is 29.9 Å². The van der Waals surface area contributed by atoms with Crippen molar-refractivity contribution >= 4 is 5.69 Å². The van der Waals surface area contributed by atoms with Crippen LogP contribution in [0.3, 0.4) is 0 Å². The summed E-state index contributed by atoms with van der Waals surface area (Å²) in [5.74, 6) is 0. The fourth-order valence-corrected chi connectivity index (χ4v) is 2.37. The van der Waals surface area contributed by atoms with E-state index < -0.39 is 12.1 Å². The zero-order valence-electron chi connectivity index (χ0n) is 11.3. The summed E-state index contributed by atoms with van der Waals surface area (Å²) in [6, 6.07) is 5.67. The first-order chi connectivity index (χ1) is 9.64. The number of nitrogens with two attached hydrogens (primary N) is 1. The number of nitrogen functional groups attached to an aromatic ring is 1. The summed E-state index contributed by atoms with van der Waals surface area (Å²) in [5, 5.41) is 0. The molecule has 0 unspecified atom stereocenters. The third-order valence-corrected chi connectivity index (χ3v) is 3.73. The number of ether oxygens (including phenoxy) is 1. The van der Waals surface area contributed by atoms with Crippen LogP contribution in [0.1, 0.15) is 11.4 Å². The smallest absolute Gasteiger partial charge is 0.105 e. The maximum Gasteiger partial charge on any atom is 0.105 e. The van der Waals surface area contributed by atoms with E-state index in [-0.39, 0.29) is 0 Å². The minimum atomic E-state index is -0.586. The lowest BCUT2D eigenvalue weighted by Crippen LogP contribution is -2.49. The molecule has 0 bridgehead atoms. The molecule has 0 atom stereocenters. The van der Waals surface area contributed by atoms with Gasteiger partial charge in [0.15, 0.2) is 0 Å². The summed E-state index contributed by atoms with van der Waals surface area (Å²) in [6.45, 7) is 2.23. The predicted octanol–water partition coefficient (Wildman–Crippen LogP) is 2.27. The van der Waals surface area contributed by atoms with E-state index in [2.05, 4.69) is 9.97 Å². The number of anilines is 1. The minimum Gasteiger partial charge on any atom is -0.397 e. The largest absolute Gasteiger partial charge is 0.397 e. The highest BCUT2D eigenvalue weighted by atomic mass is 19.1. The highest BCUT2D eigenvalue weighted by Gasteiger charge is 2.42. The molecule has 2 aromatic heterocycles. The number of aromatic nitrogens is 2. The molecule has 0 amide bonds. The van der Waals surface area contributed by atoms with Crippen LogP contribution in [-0.2, 0) is 10.2 Å². The van der Waals surface area contributed by atoms with Gasteiger partial charge in [-0.25, -0.2) is 4.39 Å². The second-order valence-corrected chi connectivity index (χ2v) is 5.24. The standard InChI is InChI=1S/C15H16FN3O/c1-10-13(5-12(17)6-19-10)11-2-3-18-14(4-11)15(7-16)8-20-9-15/h2-6H,7-9,17H2,1H3. The second-order valence-electron chi connectivity index (χ2n) is 5.24. The molecule has 3 heterocycles. The SMILES string of the molecule is Cc1ncc(N)cc1-c1ccnc(C2(CF)COC2)c1. The van der Waals surface area contributed by atoms with E-state index in [9.17, 15) is 4.39 Å². The first-order valence-corrected chi connectivity index (χ1v) is 6.47. The van der Waals surface area contributed by atoms with Crippen molar-refractivity contribution in [1.29, 1.82) is 0 Å². The van der Waals surface area contributed by atoms with E-state index in [1.54, 1.807) is 12.4 Å². The monoisotopic (exact) mass is 273 g/mol. The van der Waals surface area contributed by atoms with Gasteiger partial charge in [-0.05, 0) is 30.7 Å². The molecule has 0 saturated carbocycles. The predicted molar refractivity (Wildman–Crippen MR) is 75.1 cm³/mol. The fourth-order valence-electron chi connectivity index (χ4n) is 2.37. The average molecular weight is 273 g/mol. The highest BCUT2D eigenvalue weighted by Crippen LogP contribution is 2.34. The summed E-state index contributed by atoms with van der Waals surface area (Å²) in [7, 11) is 0. The van der Waals surface area contributed by atoms with Crippen LogP contribution >= 0.6 is 0 Å². The zero-order valence-corrected chi connectivity index (χ0v) is 11.3. The maximum absolute atomic E-state index is 13.3. The van der Waals surface area contributed by atoms with Gasteiger partial charge in [-0.2, -0.15) is 0 Å². The summed E-state index contributed by atoms with van der Waals surface area (Å²) in [5.41, 5.74) is 9.33. The van der Waals surface area contributed by atoms with Crippen molar-refractivity contribution in [3.8, 4) is 11.1 Å². The van der Waals surface area contributed by atoms with Gasteiger partial charge in [-0.15, -0.1) is 0 Å². The van der Waals surface area contributed by atoms with Gasteiger partial charge in [0, 0.05) is 17.5 Å². The van der Waals surface area contributed by atoms with Crippen LogP contribution in [0.25, 0.3) is 11.1 Å². The van der Waals surface area contributed by atoms with Gasteiger partial charge in [0.2, 0.25) is 0 Å². The third kappa shape index (κ3) is 2.04. The molecule has 4 nitrogen and oxygen atoms in total. The number of halogens is 1. The quantitative estimate of drug-likeness (QED) is 0.932. The van der Waals surface area contributed by atoms with Crippen LogP contribution in [0.5, 0.6) is 0 Å². The zero-order chi connectivity index (χ0) is 14.2. The Morgan fingerprint density at radius 3 is 2.80 bits per heavy atom. The van der Waals surface area contributed by atoms with Crippen LogP contribution in [0, 0.1) is 6.92 Å². The molecule has 1 aliphatic rings. The van der Waals surface area contributed by atoms with Crippen molar-refractivity contribution in [3.63, 3.8) is 0 Å². The van der Waals surface area contributed by atoms with Crippen LogP contribution in [0.4, 0.5) is 10.1 Å². The van der Waals surface area contributed by atoms with Crippen molar-refractivity contribution in [2.45, 2.75) is 12.3 Å². The number of hydrogen-bond donors (Lipinski definition) is 1. The van der Waals surface area contributed by atoms with Gasteiger partial charge in [0.1, 0.15) is 6.67 Å². The number of alkyl halides is 1. The summed E-state index contributed by atoms with van der Waals surface area (Å²) in [4.78, 5) is 8.57. The second kappa shape index (κ2) is 4.83. The number of nitrogens with zero attached hydrogens (tertiary/aromatic N) is 2. The van der Waals surface area contributed by atoms with E-state index in [1.807, 2.05) is 25.1 Å². The van der Waals surface area contributed by atoms with Crippen LogP contribution in [0.2, 0.25) is 0 Å². The lowest BCUT2D eigenvalue weighted by atomic mass is 9.82. The van der Waals surface area contributed by atoms with Gasteiger partial charge < -0.3 is 10.5 Å². The van der Waals surface area contributed by atoms with Gasteiger partial charge in [0.25, 0.3) is 0 Å². The Hall–Kier alpha value is -2.01. The lowest BCUT2D eigenvalue weighted by molar-refractivity contribution is -0.0726. The Labute approximate surface area is 116 Å². The molecule has 104 valence electrons. The highest BCUT2D eigenvalue weighted by molar-refractivity contribution is 5.69. The Balaban J connectivity index is 2.05. The van der Waals surface area contributed by atoms with Gasteiger partial charge in [-0.3, -0.25) is 9.97 Å². The van der Waals surface area contributed by atoms with Crippen molar-refractivity contribution < 1.29 is 9.13 Å². The molecule has 20 heavy (non-hydrogen) atoms. The molecule has 1 aliphatic heterocycles. The van der Waals surface area contributed by atoms with E-state index in [1.165, 1.54) is 0 Å². The van der Waals surface area contributed by atoms with Crippen molar-refractivity contribution in [1.82, 2.24) is 9.97 Å². The topological polar surface area (TPSA) is 61.0 Å². The van der Waals surface area contributed by atoms with Gasteiger partial charge in [0.05, 0.1) is 36.2 Å². The Bertz CT molecular complexity index is 635. The first kappa shape index (κ1) is 13.0. The Morgan fingerprint density at radius 1 is 1.35 bits per heavy atom. The van der Waals surface area contributed by atoms with Crippen molar-refractivity contribution in [3.05, 3.63) is 42.0 Å². The van der Waals surface area contributed by atoms with Crippen LogP contribution < -0.4 is 5.73 Å². The molecule has 2 N–H and O–H groups in total. The average Bonchev–Trinajstić information content (AvgIpc) is 2.41. The summed E-state index contributed by atoms with van der Waals surface area (Å²) >= 11 is 0. The maximum atomic E-state index is 13.3. The normalized spacial score (nSPS) is 16.7. The Kier molecular flexibility index (Phi) is 3.14. The molecule has 0 radical (unpaired) electrons. The van der Waals surface area contributed by atoms with Gasteiger partial charge in [-0.1, -0.05) is 0 Å². The molecule has 3 rings (SSSR count). The minimum absolute atomic E-state index is 0.383. The first-order valence-electron chi connectivity index (χ1n) is 6.47. The molecule has 0 aromatic carbocycles. The molecule has 1 fully saturated rings. The molecule has 1 saturated heterocycles. The Morgan fingerprint density at radius 2 is 2.15 bits per heavy atom. The molecule has 2 aromatic rings. The summed E-state index contributed by atoms with van der Waals surface area (Å²) in [6.07, 6.45) is 3.33. The van der Waals surface area contributed by atoms with E-state index in [0.29, 0.717) is 18.9 Å².